The van der Waals surface area contributed by atoms with Crippen LogP contribution in [0.5, 0.6) is 0 Å². The lowest BCUT2D eigenvalue weighted by atomic mass is 10.3. The van der Waals surface area contributed by atoms with E-state index in [2.05, 4.69) is 12.2 Å². The standard InChI is InChI=1S/C11H17NOS/c1-9-4-6-13-11(9)8-14-7-10-3-2-5-12-10/h4,6,10,12H,2-3,5,7-8H2,1H3/t10-/m1/s1. The average Bonchev–Trinajstić information content (AvgIpc) is 2.78. The first-order valence-corrected chi connectivity index (χ1v) is 6.36. The highest BCUT2D eigenvalue weighted by Gasteiger charge is 2.13. The lowest BCUT2D eigenvalue weighted by molar-refractivity contribution is 0.527. The summed E-state index contributed by atoms with van der Waals surface area (Å²) in [6.45, 7) is 3.30. The molecule has 1 saturated heterocycles. The Morgan fingerprint density at radius 1 is 1.64 bits per heavy atom. The minimum Gasteiger partial charge on any atom is -0.468 e. The minimum absolute atomic E-state index is 0.732. The summed E-state index contributed by atoms with van der Waals surface area (Å²) in [7, 11) is 0. The van der Waals surface area contributed by atoms with Gasteiger partial charge in [0.2, 0.25) is 0 Å². The number of hydrogen-bond acceptors (Lipinski definition) is 3. The van der Waals surface area contributed by atoms with Gasteiger partial charge in [0.25, 0.3) is 0 Å². The van der Waals surface area contributed by atoms with Crippen molar-refractivity contribution in [2.24, 2.45) is 0 Å². The summed E-state index contributed by atoms with van der Waals surface area (Å²) in [6.07, 6.45) is 4.45. The van der Waals surface area contributed by atoms with Crippen LogP contribution in [0.25, 0.3) is 0 Å². The second-order valence-corrected chi connectivity index (χ2v) is 4.87. The van der Waals surface area contributed by atoms with Crippen LogP contribution in [-0.4, -0.2) is 18.3 Å². The van der Waals surface area contributed by atoms with Gasteiger partial charge in [-0.25, -0.2) is 0 Å². The van der Waals surface area contributed by atoms with Crippen molar-refractivity contribution in [2.45, 2.75) is 31.6 Å². The van der Waals surface area contributed by atoms with E-state index in [4.69, 9.17) is 4.42 Å². The number of rotatable bonds is 4. The Hall–Kier alpha value is -0.410. The summed E-state index contributed by atoms with van der Waals surface area (Å²) in [4.78, 5) is 0. The van der Waals surface area contributed by atoms with E-state index in [1.807, 2.05) is 17.8 Å². The van der Waals surface area contributed by atoms with Crippen molar-refractivity contribution in [1.82, 2.24) is 5.32 Å². The second kappa shape index (κ2) is 4.89. The lowest BCUT2D eigenvalue weighted by Crippen LogP contribution is -2.23. The molecule has 78 valence electrons. The van der Waals surface area contributed by atoms with E-state index in [9.17, 15) is 0 Å². The minimum atomic E-state index is 0.732. The fourth-order valence-electron chi connectivity index (χ4n) is 1.74. The molecule has 0 amide bonds. The van der Waals surface area contributed by atoms with Crippen LogP contribution in [0, 0.1) is 6.92 Å². The molecule has 0 unspecified atom stereocenters. The van der Waals surface area contributed by atoms with E-state index in [-0.39, 0.29) is 0 Å². The van der Waals surface area contributed by atoms with Crippen molar-refractivity contribution in [3.8, 4) is 0 Å². The molecule has 1 aromatic heterocycles. The Kier molecular flexibility index (Phi) is 3.54. The van der Waals surface area contributed by atoms with Crippen LogP contribution in [0.4, 0.5) is 0 Å². The topological polar surface area (TPSA) is 25.2 Å². The maximum atomic E-state index is 5.39. The summed E-state index contributed by atoms with van der Waals surface area (Å²) in [6, 6.07) is 2.76. The largest absolute Gasteiger partial charge is 0.468 e. The van der Waals surface area contributed by atoms with Crippen LogP contribution in [0.1, 0.15) is 24.2 Å². The van der Waals surface area contributed by atoms with Gasteiger partial charge in [0.15, 0.2) is 0 Å². The fourth-order valence-corrected chi connectivity index (χ4v) is 2.91. The highest BCUT2D eigenvalue weighted by molar-refractivity contribution is 7.98. The van der Waals surface area contributed by atoms with E-state index in [1.165, 1.54) is 30.7 Å². The molecule has 0 aliphatic carbocycles. The van der Waals surface area contributed by atoms with Gasteiger partial charge in [-0.3, -0.25) is 0 Å². The molecule has 1 atom stereocenters. The van der Waals surface area contributed by atoms with E-state index >= 15 is 0 Å². The Morgan fingerprint density at radius 3 is 3.21 bits per heavy atom. The molecule has 2 rings (SSSR count). The van der Waals surface area contributed by atoms with Crippen LogP contribution in [0.3, 0.4) is 0 Å². The molecule has 1 aromatic rings. The van der Waals surface area contributed by atoms with Gasteiger partial charge in [0.05, 0.1) is 12.0 Å². The molecule has 0 bridgehead atoms. The zero-order valence-corrected chi connectivity index (χ0v) is 9.40. The Bertz CT molecular complexity index is 279. The van der Waals surface area contributed by atoms with Gasteiger partial charge >= 0.3 is 0 Å². The Labute approximate surface area is 89.4 Å². The van der Waals surface area contributed by atoms with Crippen molar-refractivity contribution in [2.75, 3.05) is 12.3 Å². The number of nitrogens with one attached hydrogen (secondary N) is 1. The molecule has 14 heavy (non-hydrogen) atoms. The highest BCUT2D eigenvalue weighted by atomic mass is 32.2. The molecule has 1 N–H and O–H groups in total. The molecule has 1 aliphatic rings. The maximum absolute atomic E-state index is 5.39. The zero-order valence-electron chi connectivity index (χ0n) is 8.58. The Morgan fingerprint density at radius 2 is 2.57 bits per heavy atom. The monoisotopic (exact) mass is 211 g/mol. The van der Waals surface area contributed by atoms with Crippen LogP contribution in [-0.2, 0) is 5.75 Å². The lowest BCUT2D eigenvalue weighted by Gasteiger charge is -2.08. The highest BCUT2D eigenvalue weighted by Crippen LogP contribution is 2.19. The molecule has 2 nitrogen and oxygen atoms in total. The smallest absolute Gasteiger partial charge is 0.116 e. The SMILES string of the molecule is Cc1ccoc1CSC[C@H]1CCCN1. The van der Waals surface area contributed by atoms with Crippen LogP contribution in [0.15, 0.2) is 16.7 Å². The van der Waals surface area contributed by atoms with Crippen LogP contribution < -0.4 is 5.32 Å². The van der Waals surface area contributed by atoms with Crippen molar-refractivity contribution in [3.63, 3.8) is 0 Å². The molecule has 1 aliphatic heterocycles. The Balaban J connectivity index is 1.70. The van der Waals surface area contributed by atoms with Gasteiger partial charge in [0, 0.05) is 11.8 Å². The third-order valence-electron chi connectivity index (χ3n) is 2.68. The zero-order chi connectivity index (χ0) is 9.80. The number of hydrogen-bond donors (Lipinski definition) is 1. The predicted molar refractivity (Wildman–Crippen MR) is 60.6 cm³/mol. The molecular weight excluding hydrogens is 194 g/mol. The third kappa shape index (κ3) is 2.55. The van der Waals surface area contributed by atoms with Crippen molar-refractivity contribution in [3.05, 3.63) is 23.7 Å². The molecule has 0 saturated carbocycles. The van der Waals surface area contributed by atoms with Gasteiger partial charge in [0.1, 0.15) is 5.76 Å². The van der Waals surface area contributed by atoms with Crippen LogP contribution >= 0.6 is 11.8 Å². The van der Waals surface area contributed by atoms with Gasteiger partial charge in [-0.2, -0.15) is 11.8 Å². The summed E-state index contributed by atoms with van der Waals surface area (Å²) >= 11 is 1.97. The number of thioether (sulfide) groups is 1. The first-order chi connectivity index (χ1) is 6.86. The van der Waals surface area contributed by atoms with E-state index in [0.717, 1.165) is 17.6 Å². The molecule has 2 heterocycles. The first kappa shape index (κ1) is 10.1. The van der Waals surface area contributed by atoms with E-state index in [1.54, 1.807) is 6.26 Å². The number of furan rings is 1. The fraction of sp³-hybridized carbons (Fsp3) is 0.636. The van der Waals surface area contributed by atoms with Crippen LogP contribution in [0.2, 0.25) is 0 Å². The summed E-state index contributed by atoms with van der Waals surface area (Å²) in [5.74, 6) is 3.35. The number of aryl methyl sites for hydroxylation is 1. The third-order valence-corrected chi connectivity index (χ3v) is 3.79. The van der Waals surface area contributed by atoms with E-state index in [0.29, 0.717) is 0 Å². The first-order valence-electron chi connectivity index (χ1n) is 5.20. The molecule has 1 fully saturated rings. The molecule has 0 radical (unpaired) electrons. The summed E-state index contributed by atoms with van der Waals surface area (Å²) in [5.41, 5.74) is 1.27. The molecular formula is C11H17NOS. The van der Waals surface area contributed by atoms with Gasteiger partial charge < -0.3 is 9.73 Å². The normalized spacial score (nSPS) is 21.6. The maximum Gasteiger partial charge on any atom is 0.116 e. The molecule has 3 heteroatoms. The van der Waals surface area contributed by atoms with Gasteiger partial charge in [-0.1, -0.05) is 0 Å². The summed E-state index contributed by atoms with van der Waals surface area (Å²) in [5, 5.41) is 3.50. The molecule has 0 spiro atoms. The summed E-state index contributed by atoms with van der Waals surface area (Å²) < 4.78 is 5.39. The van der Waals surface area contributed by atoms with Crippen molar-refractivity contribution in [1.29, 1.82) is 0 Å². The van der Waals surface area contributed by atoms with Crippen molar-refractivity contribution < 1.29 is 4.42 Å². The van der Waals surface area contributed by atoms with E-state index < -0.39 is 0 Å². The van der Waals surface area contributed by atoms with Gasteiger partial charge in [-0.05, 0) is 37.9 Å². The van der Waals surface area contributed by atoms with Crippen molar-refractivity contribution >= 4 is 11.8 Å². The quantitative estimate of drug-likeness (QED) is 0.828. The average molecular weight is 211 g/mol. The molecule has 0 aromatic carbocycles. The van der Waals surface area contributed by atoms with Gasteiger partial charge in [-0.15, -0.1) is 0 Å². The second-order valence-electron chi connectivity index (χ2n) is 3.84. The predicted octanol–water partition coefficient (Wildman–Crippen LogP) is 2.57.